The van der Waals surface area contributed by atoms with E-state index in [4.69, 9.17) is 22.1 Å². The molecule has 0 radical (unpaired) electrons. The van der Waals surface area contributed by atoms with Crippen LogP contribution in [0.4, 0.5) is 22.0 Å². The topological polar surface area (TPSA) is 119 Å². The molecule has 1 aromatic rings. The van der Waals surface area contributed by atoms with Crippen molar-refractivity contribution >= 4 is 34.9 Å². The van der Waals surface area contributed by atoms with Gasteiger partial charge in [0.05, 0.1) is 5.69 Å². The van der Waals surface area contributed by atoms with Crippen molar-refractivity contribution in [2.75, 3.05) is 17.2 Å². The molecule has 0 fully saturated rings. The third-order valence-corrected chi connectivity index (χ3v) is 3.14. The van der Waals surface area contributed by atoms with E-state index < -0.39 is 11.7 Å². The zero-order chi connectivity index (χ0) is 18.3. The van der Waals surface area contributed by atoms with Crippen LogP contribution in [0.3, 0.4) is 0 Å². The van der Waals surface area contributed by atoms with E-state index in [2.05, 4.69) is 20.8 Å². The van der Waals surface area contributed by atoms with Gasteiger partial charge in [0.1, 0.15) is 10.8 Å². The summed E-state index contributed by atoms with van der Waals surface area (Å²) in [5.41, 5.74) is 5.09. The molecule has 0 saturated carbocycles. The molecule has 9 heteroatoms. The summed E-state index contributed by atoms with van der Waals surface area (Å²) in [6.45, 7) is 7.57. The molecule has 8 nitrogen and oxygen atoms in total. The molecule has 1 aromatic heterocycles. The zero-order valence-electron chi connectivity index (χ0n) is 14.4. The van der Waals surface area contributed by atoms with Gasteiger partial charge in [0.15, 0.2) is 11.5 Å². The predicted molar refractivity (Wildman–Crippen MR) is 95.9 cm³/mol. The lowest BCUT2D eigenvalue weighted by Gasteiger charge is -2.21. The number of carbonyl (C=O) groups is 1. The van der Waals surface area contributed by atoms with Crippen molar-refractivity contribution in [3.05, 3.63) is 16.1 Å². The number of rotatable bonds is 7. The predicted octanol–water partition coefficient (Wildman–Crippen LogP) is 4.02. The summed E-state index contributed by atoms with van der Waals surface area (Å²) in [4.78, 5) is 27.2. The molecule has 0 aliphatic carbocycles. The van der Waals surface area contributed by atoms with Gasteiger partial charge >= 0.3 is 6.09 Å². The van der Waals surface area contributed by atoms with Crippen LogP contribution >= 0.6 is 11.6 Å². The Morgan fingerprint density at radius 2 is 2.17 bits per heavy atom. The lowest BCUT2D eigenvalue weighted by Crippen LogP contribution is -2.29. The molecule has 1 rings (SSSR count). The summed E-state index contributed by atoms with van der Waals surface area (Å²) in [7, 11) is 0. The van der Waals surface area contributed by atoms with Crippen molar-refractivity contribution in [2.45, 2.75) is 52.2 Å². The third kappa shape index (κ3) is 6.29. The second-order valence-electron chi connectivity index (χ2n) is 6.27. The molecule has 1 atom stereocenters. The van der Waals surface area contributed by atoms with Gasteiger partial charge < -0.3 is 15.8 Å². The lowest BCUT2D eigenvalue weighted by molar-refractivity contribution is 0.0636. The van der Waals surface area contributed by atoms with E-state index in [-0.39, 0.29) is 28.4 Å². The Labute approximate surface area is 146 Å². The molecular formula is C15H24ClN5O3. The van der Waals surface area contributed by atoms with Crippen LogP contribution in [-0.2, 0) is 4.74 Å². The molecule has 0 aromatic carbocycles. The highest BCUT2D eigenvalue weighted by Crippen LogP contribution is 2.35. The largest absolute Gasteiger partial charge is 0.444 e. The van der Waals surface area contributed by atoms with Crippen molar-refractivity contribution in [1.82, 2.24) is 4.98 Å². The van der Waals surface area contributed by atoms with Gasteiger partial charge in [-0.25, -0.2) is 9.78 Å². The van der Waals surface area contributed by atoms with Crippen molar-refractivity contribution in [3.8, 4) is 0 Å². The molecule has 1 heterocycles. The van der Waals surface area contributed by atoms with Gasteiger partial charge in [0.25, 0.3) is 0 Å². The minimum atomic E-state index is -0.718. The van der Waals surface area contributed by atoms with Gasteiger partial charge in [0.2, 0.25) is 0 Å². The molecule has 0 unspecified atom stereocenters. The van der Waals surface area contributed by atoms with Crippen LogP contribution in [0.15, 0.2) is 11.2 Å². The average Bonchev–Trinajstić information content (AvgIpc) is 2.44. The monoisotopic (exact) mass is 357 g/mol. The normalized spacial score (nSPS) is 12.4. The zero-order valence-corrected chi connectivity index (χ0v) is 15.1. The summed E-state index contributed by atoms with van der Waals surface area (Å²) in [5, 5.41) is 8.58. The number of aromatic nitrogens is 1. The summed E-state index contributed by atoms with van der Waals surface area (Å²) < 4.78 is 5.16. The standard InChI is InChI=1S/C15H24ClN5O3/c1-5-6-9(8-17)18-13-12(21-23)10(7-11(16)20-13)19-14(22)24-15(2,3)4/h7,9H,5-6,8,17H2,1-4H3,(H2,18,19,20,22)/t9-/m0/s1. The van der Waals surface area contributed by atoms with Crippen LogP contribution < -0.4 is 16.4 Å². The smallest absolute Gasteiger partial charge is 0.412 e. The van der Waals surface area contributed by atoms with E-state index >= 15 is 0 Å². The molecule has 1 amide bonds. The number of nitrogens with one attached hydrogen (secondary N) is 2. The van der Waals surface area contributed by atoms with E-state index in [0.29, 0.717) is 6.54 Å². The van der Waals surface area contributed by atoms with Crippen LogP contribution in [0.1, 0.15) is 40.5 Å². The Balaban J connectivity index is 3.09. The highest BCUT2D eigenvalue weighted by molar-refractivity contribution is 6.30. The van der Waals surface area contributed by atoms with E-state index in [1.165, 1.54) is 6.07 Å². The fraction of sp³-hybridized carbons (Fsp3) is 0.600. The van der Waals surface area contributed by atoms with Crippen LogP contribution in [0, 0.1) is 4.91 Å². The molecular weight excluding hydrogens is 334 g/mol. The summed E-state index contributed by atoms with van der Waals surface area (Å²) in [6.07, 6.45) is 0.977. The number of halogens is 1. The van der Waals surface area contributed by atoms with E-state index in [1.807, 2.05) is 6.92 Å². The van der Waals surface area contributed by atoms with Crippen molar-refractivity contribution < 1.29 is 9.53 Å². The number of hydrogen-bond acceptors (Lipinski definition) is 7. The fourth-order valence-electron chi connectivity index (χ4n) is 2.00. The van der Waals surface area contributed by atoms with Crippen LogP contribution in [0.5, 0.6) is 0 Å². The van der Waals surface area contributed by atoms with Gasteiger partial charge in [0, 0.05) is 18.7 Å². The minimum absolute atomic E-state index is 0.0557. The van der Waals surface area contributed by atoms with E-state index in [0.717, 1.165) is 12.8 Å². The SMILES string of the molecule is CCC[C@@H](CN)Nc1nc(Cl)cc(NC(=O)OC(C)(C)C)c1N=O. The van der Waals surface area contributed by atoms with Gasteiger partial charge in [-0.15, -0.1) is 4.91 Å². The Bertz CT molecular complexity index is 589. The third-order valence-electron chi connectivity index (χ3n) is 2.95. The Kier molecular flexibility index (Phi) is 7.37. The number of pyridine rings is 1. The molecule has 4 N–H and O–H groups in total. The highest BCUT2D eigenvalue weighted by atomic mass is 35.5. The summed E-state index contributed by atoms with van der Waals surface area (Å²) in [6, 6.07) is 1.25. The van der Waals surface area contributed by atoms with E-state index in [1.54, 1.807) is 20.8 Å². The Hall–Kier alpha value is -1.93. The van der Waals surface area contributed by atoms with Crippen molar-refractivity contribution in [1.29, 1.82) is 0 Å². The summed E-state index contributed by atoms with van der Waals surface area (Å²) in [5.74, 6) is 0.174. The van der Waals surface area contributed by atoms with E-state index in [9.17, 15) is 9.70 Å². The van der Waals surface area contributed by atoms with Crippen LogP contribution in [0.25, 0.3) is 0 Å². The van der Waals surface area contributed by atoms with Gasteiger partial charge in [-0.05, 0) is 32.4 Å². The van der Waals surface area contributed by atoms with Crippen LogP contribution in [-0.4, -0.2) is 29.3 Å². The number of nitrogens with two attached hydrogens (primary N) is 1. The first kappa shape index (κ1) is 20.1. The maximum Gasteiger partial charge on any atom is 0.412 e. The summed E-state index contributed by atoms with van der Waals surface area (Å²) >= 11 is 5.98. The fourth-order valence-corrected chi connectivity index (χ4v) is 2.19. The lowest BCUT2D eigenvalue weighted by atomic mass is 10.1. The van der Waals surface area contributed by atoms with Gasteiger partial charge in [-0.3, -0.25) is 5.32 Å². The number of nitrogens with zero attached hydrogens (tertiary/aromatic N) is 2. The molecule has 24 heavy (non-hydrogen) atoms. The first-order valence-electron chi connectivity index (χ1n) is 7.70. The number of ether oxygens (including phenoxy) is 1. The maximum atomic E-state index is 11.9. The maximum absolute atomic E-state index is 11.9. The second kappa shape index (κ2) is 8.79. The van der Waals surface area contributed by atoms with Gasteiger partial charge in [-0.1, -0.05) is 24.9 Å². The van der Waals surface area contributed by atoms with Crippen molar-refractivity contribution in [3.63, 3.8) is 0 Å². The molecule has 0 saturated heterocycles. The number of amides is 1. The average molecular weight is 358 g/mol. The molecule has 0 spiro atoms. The minimum Gasteiger partial charge on any atom is -0.444 e. The first-order valence-corrected chi connectivity index (χ1v) is 8.08. The van der Waals surface area contributed by atoms with Crippen LogP contribution in [0.2, 0.25) is 5.15 Å². The van der Waals surface area contributed by atoms with Crippen molar-refractivity contribution in [2.24, 2.45) is 10.9 Å². The van der Waals surface area contributed by atoms with Gasteiger partial charge in [-0.2, -0.15) is 0 Å². The number of anilines is 2. The molecule has 134 valence electrons. The highest BCUT2D eigenvalue weighted by Gasteiger charge is 2.21. The quantitative estimate of drug-likeness (QED) is 0.501. The molecule has 0 bridgehead atoms. The Morgan fingerprint density at radius 3 is 2.67 bits per heavy atom. The first-order chi connectivity index (χ1) is 11.2. The number of carbonyl (C=O) groups excluding carboxylic acids is 1. The molecule has 0 aliphatic heterocycles. The Morgan fingerprint density at radius 1 is 1.50 bits per heavy atom. The second-order valence-corrected chi connectivity index (χ2v) is 6.66. The number of nitroso groups, excluding NO2 is 1. The molecule has 0 aliphatic rings. The number of hydrogen-bond donors (Lipinski definition) is 3.